The first kappa shape index (κ1) is 25.7. The van der Waals surface area contributed by atoms with Crippen LogP contribution in [0, 0.1) is 12.8 Å². The Labute approximate surface area is 213 Å². The van der Waals surface area contributed by atoms with Crippen LogP contribution in [0.2, 0.25) is 0 Å². The number of allylic oxidation sites excluding steroid dienone is 4. The van der Waals surface area contributed by atoms with Crippen LogP contribution in [0.25, 0.3) is 0 Å². The van der Waals surface area contributed by atoms with Gasteiger partial charge in [0, 0.05) is 34.6 Å². The summed E-state index contributed by atoms with van der Waals surface area (Å²) in [6, 6.07) is 6.79. The van der Waals surface area contributed by atoms with Crippen molar-refractivity contribution in [3.8, 4) is 17.2 Å². The Hall–Kier alpha value is -4.40. The van der Waals surface area contributed by atoms with E-state index in [9.17, 15) is 29.4 Å². The summed E-state index contributed by atoms with van der Waals surface area (Å²) in [5.41, 5.74) is -0.341. The van der Waals surface area contributed by atoms with Crippen molar-refractivity contribution in [1.29, 1.82) is 0 Å². The van der Waals surface area contributed by atoms with Crippen LogP contribution in [0.4, 0.5) is 11.4 Å². The van der Waals surface area contributed by atoms with Gasteiger partial charge in [-0.1, -0.05) is 13.8 Å². The molecule has 0 unspecified atom stereocenters. The number of benzene rings is 2. The number of amides is 1. The summed E-state index contributed by atoms with van der Waals surface area (Å²) in [4.78, 5) is 51.1. The minimum Gasteiger partial charge on any atom is -0.507 e. The first-order chi connectivity index (χ1) is 17.3. The van der Waals surface area contributed by atoms with Gasteiger partial charge in [-0.2, -0.15) is 0 Å². The highest BCUT2D eigenvalue weighted by Crippen LogP contribution is 2.57. The third-order valence-electron chi connectivity index (χ3n) is 6.77. The summed E-state index contributed by atoms with van der Waals surface area (Å²) in [6.07, 6.45) is 1.17. The van der Waals surface area contributed by atoms with Crippen LogP contribution in [0.5, 0.6) is 17.2 Å². The first-order valence-corrected chi connectivity index (χ1v) is 11.8. The molecular weight excluding hydrogens is 476 g/mol. The molecule has 9 heteroatoms. The molecule has 0 aromatic heterocycles. The molecule has 1 aliphatic carbocycles. The molecular formula is C28H28N2O7. The topological polar surface area (TPSA) is 142 Å². The van der Waals surface area contributed by atoms with E-state index in [2.05, 4.69) is 10.6 Å². The monoisotopic (exact) mass is 504 g/mol. The van der Waals surface area contributed by atoms with Crippen LogP contribution in [-0.2, 0) is 19.8 Å². The van der Waals surface area contributed by atoms with E-state index < -0.39 is 28.5 Å². The molecule has 4 N–H and O–H groups in total. The maximum atomic E-state index is 13.9. The van der Waals surface area contributed by atoms with Crippen molar-refractivity contribution in [1.82, 2.24) is 0 Å². The molecule has 192 valence electrons. The van der Waals surface area contributed by atoms with Gasteiger partial charge in [0.1, 0.15) is 34.0 Å². The van der Waals surface area contributed by atoms with Crippen LogP contribution in [0.3, 0.4) is 0 Å². The summed E-state index contributed by atoms with van der Waals surface area (Å²) < 4.78 is 5.77. The highest BCUT2D eigenvalue weighted by atomic mass is 16.5. The summed E-state index contributed by atoms with van der Waals surface area (Å²) >= 11 is 0. The number of fused-ring (bicyclic) bond motifs is 3. The number of hydrogen-bond donors (Lipinski definition) is 4. The van der Waals surface area contributed by atoms with Crippen LogP contribution >= 0.6 is 0 Å². The number of aromatic hydroxyl groups is 2. The van der Waals surface area contributed by atoms with Crippen molar-refractivity contribution in [3.05, 3.63) is 64.1 Å². The van der Waals surface area contributed by atoms with Crippen LogP contribution in [-0.4, -0.2) is 33.5 Å². The van der Waals surface area contributed by atoms with Crippen molar-refractivity contribution in [3.63, 3.8) is 0 Å². The molecule has 0 saturated carbocycles. The van der Waals surface area contributed by atoms with Gasteiger partial charge in [0.2, 0.25) is 5.91 Å². The molecule has 37 heavy (non-hydrogen) atoms. The zero-order valence-corrected chi connectivity index (χ0v) is 21.4. The van der Waals surface area contributed by atoms with Crippen molar-refractivity contribution >= 4 is 34.6 Å². The van der Waals surface area contributed by atoms with E-state index in [1.54, 1.807) is 45.0 Å². The van der Waals surface area contributed by atoms with Gasteiger partial charge >= 0.3 is 0 Å². The molecule has 2 aromatic rings. The van der Waals surface area contributed by atoms with Crippen molar-refractivity contribution < 1.29 is 34.1 Å². The van der Waals surface area contributed by atoms with E-state index in [1.807, 2.05) is 0 Å². The molecule has 0 radical (unpaired) electrons. The number of hydrogen-bond acceptors (Lipinski definition) is 8. The fraction of sp³-hybridized carbons (Fsp3) is 0.286. The van der Waals surface area contributed by atoms with Crippen LogP contribution in [0.15, 0.2) is 47.4 Å². The molecule has 2 aliphatic rings. The van der Waals surface area contributed by atoms with Gasteiger partial charge in [-0.15, -0.1) is 0 Å². The molecule has 4 rings (SSSR count). The number of phenols is 2. The lowest BCUT2D eigenvalue weighted by Gasteiger charge is -2.29. The number of ether oxygens (including phenoxy) is 1. The third kappa shape index (κ3) is 3.96. The highest BCUT2D eigenvalue weighted by molar-refractivity contribution is 6.31. The Kier molecular flexibility index (Phi) is 6.19. The van der Waals surface area contributed by atoms with E-state index >= 15 is 0 Å². The summed E-state index contributed by atoms with van der Waals surface area (Å²) in [6.45, 7) is 9.34. The molecule has 2 aromatic carbocycles. The van der Waals surface area contributed by atoms with Gasteiger partial charge in [0.15, 0.2) is 17.3 Å². The smallest absolute Gasteiger partial charge is 0.226 e. The number of Topliss-reactive ketones (excluding diaryl/α,β-unsaturated/α-hetero) is 2. The second-order valence-corrected chi connectivity index (χ2v) is 9.73. The molecule has 9 nitrogen and oxygen atoms in total. The van der Waals surface area contributed by atoms with Crippen molar-refractivity contribution in [2.75, 3.05) is 10.6 Å². The molecule has 1 heterocycles. The fourth-order valence-corrected chi connectivity index (χ4v) is 4.56. The van der Waals surface area contributed by atoms with E-state index in [0.29, 0.717) is 11.4 Å². The number of nitrogens with one attached hydrogen (secondary N) is 2. The third-order valence-corrected chi connectivity index (χ3v) is 6.77. The average molecular weight is 505 g/mol. The summed E-state index contributed by atoms with van der Waals surface area (Å²) in [5, 5.41) is 27.2. The van der Waals surface area contributed by atoms with Crippen LogP contribution < -0.4 is 15.4 Å². The molecule has 0 spiro atoms. The van der Waals surface area contributed by atoms with Crippen LogP contribution in [0.1, 0.15) is 56.1 Å². The Morgan fingerprint density at radius 1 is 0.973 bits per heavy atom. The highest BCUT2D eigenvalue weighted by Gasteiger charge is 2.56. The van der Waals surface area contributed by atoms with Gasteiger partial charge in [-0.3, -0.25) is 19.2 Å². The maximum Gasteiger partial charge on any atom is 0.226 e. The lowest BCUT2D eigenvalue weighted by atomic mass is 9.70. The summed E-state index contributed by atoms with van der Waals surface area (Å²) in [7, 11) is 0. The van der Waals surface area contributed by atoms with Gasteiger partial charge in [-0.25, -0.2) is 0 Å². The number of carbonyl (C=O) groups excluding carboxylic acids is 4. The Bertz CT molecular complexity index is 1450. The van der Waals surface area contributed by atoms with Gasteiger partial charge < -0.3 is 25.6 Å². The first-order valence-electron chi connectivity index (χ1n) is 11.8. The zero-order valence-electron chi connectivity index (χ0n) is 21.4. The van der Waals surface area contributed by atoms with Gasteiger partial charge in [0.05, 0.1) is 11.1 Å². The molecule has 1 atom stereocenters. The van der Waals surface area contributed by atoms with Gasteiger partial charge in [0.25, 0.3) is 0 Å². The minimum absolute atomic E-state index is 0.0258. The largest absolute Gasteiger partial charge is 0.507 e. The Morgan fingerprint density at radius 3 is 2.08 bits per heavy atom. The molecule has 0 saturated heterocycles. The standard InChI is InChI=1S/C28H28N2O7/c1-12(2)27(36)30-17-9-7-16(8-10-17)29-14(4)20-18(32)11-19-28(6,26(20)35)22-24(34)13(3)23(33)21(15(5)31)25(22)37-19/h7-12,29,33-34H,1-6H3,(H,30,36)/b20-14+/t28-/m0/s1. The predicted molar refractivity (Wildman–Crippen MR) is 137 cm³/mol. The lowest BCUT2D eigenvalue weighted by Crippen LogP contribution is -2.40. The second-order valence-electron chi connectivity index (χ2n) is 9.73. The molecule has 0 bridgehead atoms. The van der Waals surface area contributed by atoms with Gasteiger partial charge in [-0.05, 0) is 52.0 Å². The predicted octanol–water partition coefficient (Wildman–Crippen LogP) is 4.28. The number of rotatable bonds is 5. The molecule has 1 aliphatic heterocycles. The second kappa shape index (κ2) is 8.92. The Morgan fingerprint density at radius 2 is 1.54 bits per heavy atom. The van der Waals surface area contributed by atoms with Crippen molar-refractivity contribution in [2.45, 2.75) is 47.0 Å². The number of carbonyl (C=O) groups is 4. The summed E-state index contributed by atoms with van der Waals surface area (Å²) in [5.74, 6) is -2.99. The average Bonchev–Trinajstić information content (AvgIpc) is 3.11. The SMILES string of the molecule is CC(=O)c1c(O)c(C)c(O)c2c1OC1=CC(=O)/C(=C(/C)Nc3ccc(NC(=O)C(C)C)cc3)C(=O)[C@@]12C. The van der Waals surface area contributed by atoms with E-state index in [0.717, 1.165) is 0 Å². The molecule has 1 amide bonds. The zero-order chi connectivity index (χ0) is 27.4. The van der Waals surface area contributed by atoms with E-state index in [1.165, 1.54) is 26.8 Å². The number of anilines is 2. The molecule has 0 fully saturated rings. The fourth-order valence-electron chi connectivity index (χ4n) is 4.56. The maximum absolute atomic E-state index is 13.9. The minimum atomic E-state index is -1.58. The quantitative estimate of drug-likeness (QED) is 0.269. The lowest BCUT2D eigenvalue weighted by molar-refractivity contribution is -0.123. The Balaban J connectivity index is 1.74. The number of ketones is 3. The normalized spacial score (nSPS) is 19.6. The number of phenolic OH excluding ortho intramolecular Hbond substituents is 2. The van der Waals surface area contributed by atoms with E-state index in [4.69, 9.17) is 4.74 Å². The van der Waals surface area contributed by atoms with E-state index in [-0.39, 0.29) is 57.0 Å². The van der Waals surface area contributed by atoms with Crippen molar-refractivity contribution in [2.24, 2.45) is 5.92 Å².